The van der Waals surface area contributed by atoms with Crippen molar-refractivity contribution in [3.05, 3.63) is 57.8 Å². The van der Waals surface area contributed by atoms with Crippen LogP contribution in [0.2, 0.25) is 0 Å². The molecule has 0 spiro atoms. The number of aromatic hydroxyl groups is 4. The Balaban J connectivity index is 2.15. The SMILES string of the molecule is CCCC/C=C/Cc1c(O)cc2oc3cc(O)c(O)c(C/C=C/CCCC)c3c(=O)c2c1O. The maximum atomic E-state index is 13.5. The molecule has 3 aromatic rings. The van der Waals surface area contributed by atoms with Crippen molar-refractivity contribution in [2.24, 2.45) is 0 Å². The molecule has 0 aliphatic heterocycles. The molecule has 6 heteroatoms. The second-order valence-electron chi connectivity index (χ2n) is 8.26. The van der Waals surface area contributed by atoms with Gasteiger partial charge in [-0.05, 0) is 25.7 Å². The fourth-order valence-electron chi connectivity index (χ4n) is 3.91. The Bertz CT molecular complexity index is 1250. The molecule has 6 nitrogen and oxygen atoms in total. The lowest BCUT2D eigenvalue weighted by Gasteiger charge is -2.12. The Morgan fingerprint density at radius 3 is 1.88 bits per heavy atom. The second kappa shape index (κ2) is 10.9. The Hall–Kier alpha value is -3.41. The lowest BCUT2D eigenvalue weighted by atomic mass is 9.99. The van der Waals surface area contributed by atoms with Gasteiger partial charge in [0.15, 0.2) is 11.5 Å². The van der Waals surface area contributed by atoms with Gasteiger partial charge in [0, 0.05) is 23.3 Å². The minimum atomic E-state index is -0.521. The van der Waals surface area contributed by atoms with Crippen LogP contribution < -0.4 is 5.43 Å². The molecule has 0 unspecified atom stereocenters. The van der Waals surface area contributed by atoms with Crippen molar-refractivity contribution in [1.29, 1.82) is 0 Å². The quantitative estimate of drug-likeness (QED) is 0.123. The zero-order valence-corrected chi connectivity index (χ0v) is 19.2. The van der Waals surface area contributed by atoms with Crippen molar-refractivity contribution in [3.8, 4) is 23.0 Å². The van der Waals surface area contributed by atoms with Gasteiger partial charge in [-0.25, -0.2) is 0 Å². The fraction of sp³-hybridized carbons (Fsp3) is 0.370. The average Bonchev–Trinajstić information content (AvgIpc) is 2.77. The number of rotatable bonds is 10. The highest BCUT2D eigenvalue weighted by molar-refractivity contribution is 5.97. The second-order valence-corrected chi connectivity index (χ2v) is 8.26. The molecule has 0 atom stereocenters. The minimum absolute atomic E-state index is 0.00994. The molecular weight excluding hydrogens is 420 g/mol. The van der Waals surface area contributed by atoms with Crippen LogP contribution in [0.4, 0.5) is 0 Å². The largest absolute Gasteiger partial charge is 0.507 e. The normalized spacial score (nSPS) is 12.1. The molecule has 33 heavy (non-hydrogen) atoms. The fourth-order valence-corrected chi connectivity index (χ4v) is 3.91. The highest BCUT2D eigenvalue weighted by atomic mass is 16.3. The Labute approximate surface area is 193 Å². The summed E-state index contributed by atoms with van der Waals surface area (Å²) in [6.45, 7) is 4.20. The molecule has 1 heterocycles. The van der Waals surface area contributed by atoms with E-state index in [0.29, 0.717) is 0 Å². The standard InChI is InChI=1S/C27H32O6/c1-3-5-7-9-11-13-17-19(28)15-22-24(26(17)31)27(32)23-18(14-12-10-8-6-4-2)25(30)20(29)16-21(23)33-22/h9-12,15-16,28-31H,3-8,13-14H2,1-2H3/b11-9+,12-10+. The lowest BCUT2D eigenvalue weighted by Crippen LogP contribution is -2.07. The Kier molecular flexibility index (Phi) is 8.04. The molecule has 0 fully saturated rings. The van der Waals surface area contributed by atoms with Crippen LogP contribution in [0.3, 0.4) is 0 Å². The first-order chi connectivity index (χ1) is 15.9. The number of hydrogen-bond donors (Lipinski definition) is 4. The summed E-state index contributed by atoms with van der Waals surface area (Å²) in [5.74, 6) is -1.29. The molecule has 0 amide bonds. The number of phenolic OH excluding ortho intramolecular Hbond substituents is 4. The van der Waals surface area contributed by atoms with Gasteiger partial charge in [0.05, 0.1) is 5.39 Å². The highest BCUT2D eigenvalue weighted by Crippen LogP contribution is 2.40. The molecule has 0 saturated heterocycles. The van der Waals surface area contributed by atoms with Gasteiger partial charge in [-0.2, -0.15) is 0 Å². The zero-order valence-electron chi connectivity index (χ0n) is 19.2. The number of fused-ring (bicyclic) bond motifs is 2. The third-order valence-electron chi connectivity index (χ3n) is 5.79. The predicted octanol–water partition coefficient (Wildman–Crippen LogP) is 6.35. The maximum absolute atomic E-state index is 13.5. The Morgan fingerprint density at radius 1 is 0.727 bits per heavy atom. The number of phenols is 4. The average molecular weight is 453 g/mol. The molecule has 0 aliphatic carbocycles. The van der Waals surface area contributed by atoms with E-state index in [4.69, 9.17) is 4.42 Å². The molecule has 0 saturated carbocycles. The van der Waals surface area contributed by atoms with Gasteiger partial charge in [-0.15, -0.1) is 0 Å². The van der Waals surface area contributed by atoms with Gasteiger partial charge in [-0.3, -0.25) is 4.79 Å². The first-order valence-electron chi connectivity index (χ1n) is 11.6. The summed E-state index contributed by atoms with van der Waals surface area (Å²) in [6.07, 6.45) is 14.1. The van der Waals surface area contributed by atoms with E-state index in [9.17, 15) is 25.2 Å². The van der Waals surface area contributed by atoms with E-state index in [-0.39, 0.29) is 63.2 Å². The smallest absolute Gasteiger partial charge is 0.204 e. The van der Waals surface area contributed by atoms with Crippen LogP contribution in [0.1, 0.15) is 63.5 Å². The number of allylic oxidation sites excluding steroid dienone is 4. The summed E-state index contributed by atoms with van der Waals surface area (Å²) in [6, 6.07) is 2.48. The monoisotopic (exact) mass is 452 g/mol. The number of benzene rings is 2. The molecule has 3 rings (SSSR count). The van der Waals surface area contributed by atoms with Crippen molar-refractivity contribution < 1.29 is 24.8 Å². The highest BCUT2D eigenvalue weighted by Gasteiger charge is 2.22. The van der Waals surface area contributed by atoms with Crippen LogP contribution in [-0.4, -0.2) is 20.4 Å². The molecule has 4 N–H and O–H groups in total. The van der Waals surface area contributed by atoms with E-state index in [1.807, 2.05) is 24.3 Å². The van der Waals surface area contributed by atoms with Gasteiger partial charge >= 0.3 is 0 Å². The summed E-state index contributed by atoms with van der Waals surface area (Å²) in [5, 5.41) is 42.0. The number of hydrogen-bond acceptors (Lipinski definition) is 6. The third-order valence-corrected chi connectivity index (χ3v) is 5.79. The lowest BCUT2D eigenvalue weighted by molar-refractivity contribution is 0.400. The first kappa shape index (κ1) is 24.2. The van der Waals surface area contributed by atoms with E-state index in [1.54, 1.807) is 0 Å². The molecule has 176 valence electrons. The van der Waals surface area contributed by atoms with Crippen LogP contribution in [0.5, 0.6) is 23.0 Å². The van der Waals surface area contributed by atoms with E-state index in [2.05, 4.69) is 13.8 Å². The van der Waals surface area contributed by atoms with Gasteiger partial charge in [0.1, 0.15) is 28.1 Å². The van der Waals surface area contributed by atoms with Crippen molar-refractivity contribution >= 4 is 21.9 Å². The van der Waals surface area contributed by atoms with Crippen LogP contribution in [-0.2, 0) is 12.8 Å². The van der Waals surface area contributed by atoms with Crippen molar-refractivity contribution in [2.45, 2.75) is 65.2 Å². The topological polar surface area (TPSA) is 111 Å². The van der Waals surface area contributed by atoms with E-state index in [0.717, 1.165) is 38.5 Å². The van der Waals surface area contributed by atoms with Crippen LogP contribution in [0.15, 0.2) is 45.6 Å². The van der Waals surface area contributed by atoms with Gasteiger partial charge in [0.2, 0.25) is 5.43 Å². The van der Waals surface area contributed by atoms with Crippen molar-refractivity contribution in [1.82, 2.24) is 0 Å². The molecule has 0 radical (unpaired) electrons. The molecule has 0 bridgehead atoms. The van der Waals surface area contributed by atoms with Crippen LogP contribution in [0, 0.1) is 0 Å². The molecular formula is C27H32O6. The van der Waals surface area contributed by atoms with Crippen molar-refractivity contribution in [3.63, 3.8) is 0 Å². The summed E-state index contributed by atoms with van der Waals surface area (Å²) in [5.41, 5.74) is 0.0431. The summed E-state index contributed by atoms with van der Waals surface area (Å²) >= 11 is 0. The van der Waals surface area contributed by atoms with Crippen molar-refractivity contribution in [2.75, 3.05) is 0 Å². The summed E-state index contributed by atoms with van der Waals surface area (Å²) < 4.78 is 5.79. The predicted molar refractivity (Wildman–Crippen MR) is 131 cm³/mol. The van der Waals surface area contributed by atoms with E-state index < -0.39 is 11.2 Å². The molecule has 1 aromatic heterocycles. The summed E-state index contributed by atoms with van der Waals surface area (Å²) in [4.78, 5) is 13.5. The molecule has 2 aromatic carbocycles. The number of unbranched alkanes of at least 4 members (excludes halogenated alkanes) is 4. The maximum Gasteiger partial charge on any atom is 0.204 e. The first-order valence-corrected chi connectivity index (χ1v) is 11.6. The van der Waals surface area contributed by atoms with Crippen LogP contribution in [0.25, 0.3) is 21.9 Å². The zero-order chi connectivity index (χ0) is 24.0. The van der Waals surface area contributed by atoms with Gasteiger partial charge in [0.25, 0.3) is 0 Å². The molecule has 0 aliphatic rings. The van der Waals surface area contributed by atoms with Gasteiger partial charge in [-0.1, -0.05) is 63.8 Å². The van der Waals surface area contributed by atoms with E-state index in [1.165, 1.54) is 12.1 Å². The van der Waals surface area contributed by atoms with E-state index >= 15 is 0 Å². The van der Waals surface area contributed by atoms with Gasteiger partial charge < -0.3 is 24.8 Å². The minimum Gasteiger partial charge on any atom is -0.507 e. The van der Waals surface area contributed by atoms with Crippen LogP contribution >= 0.6 is 0 Å². The third kappa shape index (κ3) is 5.16. The summed E-state index contributed by atoms with van der Waals surface area (Å²) in [7, 11) is 0. The Morgan fingerprint density at radius 2 is 1.27 bits per heavy atom.